The number of nitrogens with one attached hydrogen (secondary N) is 3. The van der Waals surface area contributed by atoms with Crippen molar-refractivity contribution in [3.8, 4) is 11.8 Å². The molecule has 0 radical (unpaired) electrons. The van der Waals surface area contributed by atoms with Crippen molar-refractivity contribution in [1.82, 2.24) is 16.0 Å². The predicted octanol–water partition coefficient (Wildman–Crippen LogP) is 0.946. The highest BCUT2D eigenvalue weighted by Gasteiger charge is 2.23. The van der Waals surface area contributed by atoms with Crippen molar-refractivity contribution in [2.75, 3.05) is 84.2 Å². The summed E-state index contributed by atoms with van der Waals surface area (Å²) in [5, 5.41) is 43.7. The van der Waals surface area contributed by atoms with E-state index >= 15 is 0 Å². The number of carbonyl (C=O) groups excluding carboxylic acids is 4. The fourth-order valence-corrected chi connectivity index (χ4v) is 6.18. The molecule has 7 N–H and O–H groups in total. The molecule has 372 valence electrons. The van der Waals surface area contributed by atoms with Gasteiger partial charge in [-0.25, -0.2) is 0 Å². The number of anilines is 1. The number of carboxylic acid groups (broad SMARTS) is 4. The van der Waals surface area contributed by atoms with Gasteiger partial charge in [0, 0.05) is 36.8 Å². The lowest BCUT2D eigenvalue weighted by molar-refractivity contribution is -0.139. The first kappa shape index (κ1) is 55.8. The van der Waals surface area contributed by atoms with Gasteiger partial charge in [-0.15, -0.1) is 0 Å². The highest BCUT2D eigenvalue weighted by Crippen LogP contribution is 2.26. The van der Waals surface area contributed by atoms with Gasteiger partial charge >= 0.3 is 23.9 Å². The van der Waals surface area contributed by atoms with Gasteiger partial charge in [-0.2, -0.15) is 0 Å². The maximum Gasteiger partial charge on any atom is 0.305 e. The van der Waals surface area contributed by atoms with E-state index in [9.17, 15) is 38.4 Å². The predicted molar refractivity (Wildman–Crippen MR) is 238 cm³/mol. The Kier molecular flexibility index (Phi) is 26.5. The molecule has 0 spiro atoms. The van der Waals surface area contributed by atoms with Crippen LogP contribution in [0, 0.1) is 11.8 Å². The summed E-state index contributed by atoms with van der Waals surface area (Å²) in [6.07, 6.45) is -1.76. The summed E-state index contributed by atoms with van der Waals surface area (Å²) in [5.74, 6) is 0.214. The molecule has 1 aliphatic heterocycles. The van der Waals surface area contributed by atoms with Crippen LogP contribution >= 0.6 is 0 Å². The Hall–Kier alpha value is -6.48. The van der Waals surface area contributed by atoms with Gasteiger partial charge < -0.3 is 69.7 Å². The third kappa shape index (κ3) is 24.3. The number of benzene rings is 2. The second-order valence-corrected chi connectivity index (χ2v) is 15.2. The van der Waals surface area contributed by atoms with Gasteiger partial charge in [0.05, 0.1) is 135 Å². The monoisotopic (exact) mass is 956 g/mol. The molecule has 3 rings (SSSR count). The number of aliphatic carboxylic acids is 4. The van der Waals surface area contributed by atoms with Gasteiger partial charge in [-0.05, 0) is 23.8 Å². The minimum absolute atomic E-state index is 0.105. The molecule has 0 unspecified atom stereocenters. The Labute approximate surface area is 392 Å². The average Bonchev–Trinajstić information content (AvgIpc) is 3.28. The van der Waals surface area contributed by atoms with Crippen LogP contribution in [-0.2, 0) is 73.3 Å². The Morgan fingerprint density at radius 2 is 0.794 bits per heavy atom. The van der Waals surface area contributed by atoms with Crippen molar-refractivity contribution in [3.63, 3.8) is 0 Å². The van der Waals surface area contributed by atoms with E-state index in [0.29, 0.717) is 11.3 Å². The first-order valence-corrected chi connectivity index (χ1v) is 21.9. The van der Waals surface area contributed by atoms with Crippen LogP contribution in [0.15, 0.2) is 48.5 Å². The van der Waals surface area contributed by atoms with Crippen LogP contribution in [-0.4, -0.2) is 165 Å². The molecule has 2 aromatic carbocycles. The topological polar surface area (TPSA) is 312 Å². The molecule has 22 nitrogen and oxygen atoms in total. The number of carbonyl (C=O) groups is 8. The third-order valence-corrected chi connectivity index (χ3v) is 9.54. The third-order valence-electron chi connectivity index (χ3n) is 9.54. The SMILES string of the molecule is O=C(O)CCOCC(COCCC(=O)O)NC(=O)CCOCC(COCCC(=O)NC(COCCC(=O)O)COCCC(=O)O)NC(=O)CCC(=O)N1Cc2ccccc2C#Cc2ccccc21. The highest BCUT2D eigenvalue weighted by molar-refractivity contribution is 5.97. The van der Waals surface area contributed by atoms with E-state index in [2.05, 4.69) is 27.8 Å². The molecule has 0 aromatic heterocycles. The zero-order valence-corrected chi connectivity index (χ0v) is 37.7. The minimum atomic E-state index is -1.07. The maximum absolute atomic E-state index is 13.8. The number of para-hydroxylation sites is 1. The van der Waals surface area contributed by atoms with Crippen LogP contribution in [0.1, 0.15) is 68.1 Å². The van der Waals surface area contributed by atoms with Crippen molar-refractivity contribution in [2.45, 2.75) is 76.0 Å². The Morgan fingerprint density at radius 3 is 1.21 bits per heavy atom. The zero-order valence-electron chi connectivity index (χ0n) is 37.7. The van der Waals surface area contributed by atoms with E-state index in [0.717, 1.165) is 11.1 Å². The fourth-order valence-electron chi connectivity index (χ4n) is 6.18. The van der Waals surface area contributed by atoms with Gasteiger partial charge in [-0.3, -0.25) is 38.4 Å². The number of nitrogens with zero attached hydrogens (tertiary/aromatic N) is 1. The molecular formula is C46H60N4O18. The molecule has 0 bridgehead atoms. The van der Waals surface area contributed by atoms with Crippen LogP contribution in [0.25, 0.3) is 0 Å². The zero-order chi connectivity index (χ0) is 49.5. The van der Waals surface area contributed by atoms with Crippen molar-refractivity contribution in [2.24, 2.45) is 0 Å². The molecule has 1 aliphatic rings. The lowest BCUT2D eigenvalue weighted by Gasteiger charge is -2.26. The van der Waals surface area contributed by atoms with Crippen LogP contribution in [0.5, 0.6) is 0 Å². The highest BCUT2D eigenvalue weighted by atomic mass is 16.5. The molecule has 4 amide bonds. The lowest BCUT2D eigenvalue weighted by atomic mass is 10.0. The Morgan fingerprint density at radius 1 is 0.456 bits per heavy atom. The van der Waals surface area contributed by atoms with Crippen LogP contribution in [0.3, 0.4) is 0 Å². The molecule has 0 fully saturated rings. The normalized spacial score (nSPS) is 11.7. The number of fused-ring (bicyclic) bond motifs is 2. The number of rotatable bonds is 36. The molecule has 0 aliphatic carbocycles. The van der Waals surface area contributed by atoms with Crippen LogP contribution in [0.2, 0.25) is 0 Å². The first-order valence-electron chi connectivity index (χ1n) is 21.9. The summed E-state index contributed by atoms with van der Waals surface area (Å²) in [6, 6.07) is 12.4. The van der Waals surface area contributed by atoms with E-state index < -0.39 is 59.7 Å². The minimum Gasteiger partial charge on any atom is -0.481 e. The van der Waals surface area contributed by atoms with Gasteiger partial charge in [0.25, 0.3) is 0 Å². The van der Waals surface area contributed by atoms with Crippen molar-refractivity contribution in [3.05, 3.63) is 65.2 Å². The van der Waals surface area contributed by atoms with E-state index in [1.165, 1.54) is 0 Å². The van der Waals surface area contributed by atoms with E-state index in [-0.39, 0.29) is 143 Å². The smallest absolute Gasteiger partial charge is 0.305 e. The molecule has 0 atom stereocenters. The molecule has 1 heterocycles. The number of amides is 4. The summed E-state index contributed by atoms with van der Waals surface area (Å²) in [6.45, 7) is -1.25. The maximum atomic E-state index is 13.8. The molecule has 2 aromatic rings. The average molecular weight is 957 g/mol. The summed E-state index contributed by atoms with van der Waals surface area (Å²) in [5.41, 5.74) is 2.89. The van der Waals surface area contributed by atoms with Crippen LogP contribution in [0.4, 0.5) is 5.69 Å². The van der Waals surface area contributed by atoms with E-state index in [4.69, 9.17) is 48.8 Å². The van der Waals surface area contributed by atoms with Crippen molar-refractivity contribution >= 4 is 53.2 Å². The number of carboxylic acids is 4. The van der Waals surface area contributed by atoms with Crippen LogP contribution < -0.4 is 20.9 Å². The first-order chi connectivity index (χ1) is 32.7. The molecule has 22 heteroatoms. The second kappa shape index (κ2) is 32.3. The van der Waals surface area contributed by atoms with Gasteiger partial charge in [0.2, 0.25) is 23.6 Å². The lowest BCUT2D eigenvalue weighted by Crippen LogP contribution is -2.44. The standard InChI is InChI=1S/C46H60N4O18/c51-39(11-12-42(54)50-25-34-7-2-1-5-32(34)9-10-33-6-3-4-8-38(33)50)47-35(26-63-19-13-40(52)48-36(28-65-21-15-43(55)56)29-66-22-16-44(57)58)27-64-20-14-41(53)49-37(30-67-23-17-45(59)60)31-68-24-18-46(61)62/h1-8,35-37H,11-31H2,(H,47,51)(H,48,52)(H,49,53)(H,55,56)(H,57,58)(H,59,60)(H,61,62). The summed E-state index contributed by atoms with van der Waals surface area (Å²) in [4.78, 5) is 97.9. The number of ether oxygens (including phenoxy) is 6. The van der Waals surface area contributed by atoms with Gasteiger partial charge in [-0.1, -0.05) is 42.2 Å². The largest absolute Gasteiger partial charge is 0.481 e. The van der Waals surface area contributed by atoms with Gasteiger partial charge in [0.15, 0.2) is 0 Å². The summed E-state index contributed by atoms with van der Waals surface area (Å²) < 4.78 is 32.9. The van der Waals surface area contributed by atoms with E-state index in [1.54, 1.807) is 17.0 Å². The van der Waals surface area contributed by atoms with Crippen molar-refractivity contribution in [1.29, 1.82) is 0 Å². The van der Waals surface area contributed by atoms with Gasteiger partial charge in [0.1, 0.15) is 0 Å². The Balaban J connectivity index is 1.60. The molecule has 0 saturated heterocycles. The second-order valence-electron chi connectivity index (χ2n) is 15.2. The summed E-state index contributed by atoms with van der Waals surface area (Å²) >= 11 is 0. The molecular weight excluding hydrogens is 897 g/mol. The number of hydrogen-bond donors (Lipinski definition) is 7. The quantitative estimate of drug-likeness (QED) is 0.0369. The molecule has 68 heavy (non-hydrogen) atoms. The summed E-state index contributed by atoms with van der Waals surface area (Å²) in [7, 11) is 0. The van der Waals surface area contributed by atoms with Crippen molar-refractivity contribution < 1.29 is 87.2 Å². The van der Waals surface area contributed by atoms with E-state index in [1.807, 2.05) is 36.4 Å². The molecule has 0 saturated carbocycles. The fraction of sp³-hybridized carbons (Fsp3) is 0.522. The number of hydrogen-bond acceptors (Lipinski definition) is 14. The Bertz CT molecular complexity index is 1920.